The zero-order valence-electron chi connectivity index (χ0n) is 20.0. The average Bonchev–Trinajstić information content (AvgIpc) is 3.25. The zero-order valence-corrected chi connectivity index (χ0v) is 20.0. The summed E-state index contributed by atoms with van der Waals surface area (Å²) in [5.74, 6) is 1.11. The Balaban J connectivity index is 1.67. The Kier molecular flexibility index (Phi) is 5.00. The average molecular weight is 442 g/mol. The molecule has 3 heterocycles. The van der Waals surface area contributed by atoms with Crippen LogP contribution in [0.1, 0.15) is 51.2 Å². The first-order valence-corrected chi connectivity index (χ1v) is 11.7. The minimum atomic E-state index is -0.542. The summed E-state index contributed by atoms with van der Waals surface area (Å²) in [7, 11) is 2.03. The van der Waals surface area contributed by atoms with Crippen molar-refractivity contribution in [2.45, 2.75) is 58.5 Å². The first-order valence-electron chi connectivity index (χ1n) is 11.7. The van der Waals surface area contributed by atoms with Crippen molar-refractivity contribution in [1.82, 2.24) is 10.3 Å². The van der Waals surface area contributed by atoms with Crippen LogP contribution in [0, 0.1) is 12.3 Å². The molecule has 1 aliphatic carbocycles. The number of hydrogen-bond donors (Lipinski definition) is 1. The lowest BCUT2D eigenvalue weighted by Crippen LogP contribution is -2.51. The highest BCUT2D eigenvalue weighted by molar-refractivity contribution is 6.01. The zero-order chi connectivity index (χ0) is 23.4. The highest BCUT2D eigenvalue weighted by Crippen LogP contribution is 2.54. The molecule has 0 radical (unpaired) electrons. The maximum atomic E-state index is 13.7. The van der Waals surface area contributed by atoms with Crippen molar-refractivity contribution < 1.29 is 4.79 Å². The number of nitrogens with zero attached hydrogens (tertiary/aromatic N) is 4. The largest absolute Gasteiger partial charge is 0.362 e. The number of hydrogen-bond acceptors (Lipinski definition) is 6. The summed E-state index contributed by atoms with van der Waals surface area (Å²) in [6.07, 6.45) is 5.63. The summed E-state index contributed by atoms with van der Waals surface area (Å²) in [4.78, 5) is 20.3. The Morgan fingerprint density at radius 1 is 1.18 bits per heavy atom. The molecule has 0 bridgehead atoms. The number of pyridine rings is 1. The molecular formula is C27H31N5O. The molecule has 1 unspecified atom stereocenters. The third-order valence-electron chi connectivity index (χ3n) is 7.28. The summed E-state index contributed by atoms with van der Waals surface area (Å²) in [5, 5.41) is 12.3. The van der Waals surface area contributed by atoms with Gasteiger partial charge in [0.25, 0.3) is 0 Å². The fraction of sp³-hybridized carbons (Fsp3) is 0.407. The number of azo groups is 1. The molecule has 6 heteroatoms. The van der Waals surface area contributed by atoms with Gasteiger partial charge in [0.05, 0.1) is 11.6 Å². The Bertz CT molecular complexity index is 1220. The number of carbonyl (C=O) groups excluding carboxylic acids is 1. The molecule has 1 aromatic carbocycles. The second-order valence-corrected chi connectivity index (χ2v) is 10.2. The van der Waals surface area contributed by atoms with Crippen LogP contribution in [-0.2, 0) is 10.2 Å². The SMILES string of the molecule is CC[C@@]1(c2cccc(N(C)c3cc(C)ccn3)c2)C2=CN=NC2NC2=C1C(=O)CC(C)(C)C2. The summed E-state index contributed by atoms with van der Waals surface area (Å²) in [6, 6.07) is 12.6. The second kappa shape index (κ2) is 7.65. The van der Waals surface area contributed by atoms with Crippen molar-refractivity contribution in [3.05, 3.63) is 76.8 Å². The van der Waals surface area contributed by atoms with Crippen molar-refractivity contribution in [2.75, 3.05) is 11.9 Å². The Hall–Kier alpha value is -3.28. The molecule has 5 rings (SSSR count). The van der Waals surface area contributed by atoms with E-state index in [1.807, 2.05) is 25.5 Å². The van der Waals surface area contributed by atoms with Gasteiger partial charge in [-0.25, -0.2) is 4.98 Å². The predicted molar refractivity (Wildman–Crippen MR) is 130 cm³/mol. The number of allylic oxidation sites excluding steroid dienone is 2. The maximum absolute atomic E-state index is 13.7. The first kappa shape index (κ1) is 21.6. The van der Waals surface area contributed by atoms with E-state index in [9.17, 15) is 4.79 Å². The molecule has 0 saturated carbocycles. The van der Waals surface area contributed by atoms with Gasteiger partial charge in [0.15, 0.2) is 11.9 Å². The fourth-order valence-electron chi connectivity index (χ4n) is 5.71. The Labute approximate surface area is 195 Å². The van der Waals surface area contributed by atoms with Gasteiger partial charge in [-0.1, -0.05) is 32.9 Å². The summed E-state index contributed by atoms with van der Waals surface area (Å²) >= 11 is 0. The molecule has 6 nitrogen and oxygen atoms in total. The summed E-state index contributed by atoms with van der Waals surface area (Å²) in [5.41, 5.74) is 5.67. The lowest BCUT2D eigenvalue weighted by molar-refractivity contribution is -0.119. The molecule has 2 atom stereocenters. The molecular weight excluding hydrogens is 410 g/mol. The van der Waals surface area contributed by atoms with Crippen molar-refractivity contribution in [2.24, 2.45) is 15.6 Å². The molecule has 1 aromatic heterocycles. The molecule has 1 N–H and O–H groups in total. The van der Waals surface area contributed by atoms with Crippen LogP contribution in [-0.4, -0.2) is 24.0 Å². The lowest BCUT2D eigenvalue weighted by atomic mass is 9.59. The van der Waals surface area contributed by atoms with E-state index in [0.29, 0.717) is 6.42 Å². The third kappa shape index (κ3) is 3.39. The van der Waals surface area contributed by atoms with Gasteiger partial charge in [-0.15, -0.1) is 0 Å². The minimum absolute atomic E-state index is 0.0712. The minimum Gasteiger partial charge on any atom is -0.362 e. The molecule has 0 amide bonds. The number of nitrogens with one attached hydrogen (secondary N) is 1. The number of aromatic nitrogens is 1. The van der Waals surface area contributed by atoms with E-state index in [0.717, 1.165) is 46.8 Å². The van der Waals surface area contributed by atoms with Gasteiger partial charge in [-0.2, -0.15) is 10.2 Å². The van der Waals surface area contributed by atoms with Crippen LogP contribution in [0.5, 0.6) is 0 Å². The van der Waals surface area contributed by atoms with E-state index in [1.54, 1.807) is 0 Å². The number of ketones is 1. The first-order chi connectivity index (χ1) is 15.7. The normalized spacial score (nSPS) is 25.3. The van der Waals surface area contributed by atoms with E-state index in [4.69, 9.17) is 0 Å². The van der Waals surface area contributed by atoms with Crippen LogP contribution in [0.4, 0.5) is 11.5 Å². The standard InChI is InChI=1S/C27H31N5O/c1-6-27(18-8-7-9-19(13-18)32(5)23-12-17(2)10-11-28-23)20-16-29-31-25(20)30-21-14-26(3,4)15-22(33)24(21)27/h7-13,16,25,30H,6,14-15H2,1-5H3/t25?,27-/m1/s1. The van der Waals surface area contributed by atoms with Crippen LogP contribution in [0.25, 0.3) is 0 Å². The molecule has 0 fully saturated rings. The van der Waals surface area contributed by atoms with Gasteiger partial charge in [-0.3, -0.25) is 4.79 Å². The number of Topliss-reactive ketones (excluding diaryl/α,β-unsaturated/α-hetero) is 1. The van der Waals surface area contributed by atoms with Crippen LogP contribution in [0.3, 0.4) is 0 Å². The summed E-state index contributed by atoms with van der Waals surface area (Å²) < 4.78 is 0. The van der Waals surface area contributed by atoms with Crippen molar-refractivity contribution in [3.63, 3.8) is 0 Å². The Morgan fingerprint density at radius 3 is 2.76 bits per heavy atom. The quantitative estimate of drug-likeness (QED) is 0.658. The van der Waals surface area contributed by atoms with E-state index < -0.39 is 5.41 Å². The van der Waals surface area contributed by atoms with Crippen molar-refractivity contribution >= 4 is 17.3 Å². The summed E-state index contributed by atoms with van der Waals surface area (Å²) in [6.45, 7) is 8.56. The molecule has 0 saturated heterocycles. The Morgan fingerprint density at radius 2 is 2.00 bits per heavy atom. The van der Waals surface area contributed by atoms with Gasteiger partial charge in [0.2, 0.25) is 0 Å². The number of anilines is 2. The highest BCUT2D eigenvalue weighted by Gasteiger charge is 2.53. The van der Waals surface area contributed by atoms with E-state index in [-0.39, 0.29) is 17.4 Å². The van der Waals surface area contributed by atoms with Crippen LogP contribution in [0.2, 0.25) is 0 Å². The maximum Gasteiger partial charge on any atom is 0.164 e. The topological polar surface area (TPSA) is 70.0 Å². The third-order valence-corrected chi connectivity index (χ3v) is 7.28. The molecule has 33 heavy (non-hydrogen) atoms. The van der Waals surface area contributed by atoms with E-state index in [1.165, 1.54) is 5.56 Å². The molecule has 2 aliphatic heterocycles. The van der Waals surface area contributed by atoms with Crippen molar-refractivity contribution in [3.8, 4) is 0 Å². The molecule has 170 valence electrons. The van der Waals surface area contributed by atoms with E-state index in [2.05, 4.69) is 83.5 Å². The van der Waals surface area contributed by atoms with Crippen molar-refractivity contribution in [1.29, 1.82) is 0 Å². The van der Waals surface area contributed by atoms with Crippen LogP contribution < -0.4 is 10.2 Å². The number of carbonyl (C=O) groups is 1. The van der Waals surface area contributed by atoms with Gasteiger partial charge in [0, 0.05) is 42.2 Å². The van der Waals surface area contributed by atoms with Crippen LogP contribution in [0.15, 0.2) is 75.9 Å². The number of fused-ring (bicyclic) bond motifs is 1. The van der Waals surface area contributed by atoms with Gasteiger partial charge < -0.3 is 10.2 Å². The predicted octanol–water partition coefficient (Wildman–Crippen LogP) is 5.73. The molecule has 0 spiro atoms. The second-order valence-electron chi connectivity index (χ2n) is 10.2. The highest BCUT2D eigenvalue weighted by atomic mass is 16.1. The number of rotatable bonds is 4. The molecule has 2 aromatic rings. The fourth-order valence-corrected chi connectivity index (χ4v) is 5.71. The molecule has 3 aliphatic rings. The lowest BCUT2D eigenvalue weighted by Gasteiger charge is -2.48. The van der Waals surface area contributed by atoms with Gasteiger partial charge in [0.1, 0.15) is 5.82 Å². The van der Waals surface area contributed by atoms with E-state index >= 15 is 0 Å². The number of aryl methyl sites for hydroxylation is 1. The smallest absolute Gasteiger partial charge is 0.164 e. The van der Waals surface area contributed by atoms with Gasteiger partial charge >= 0.3 is 0 Å². The van der Waals surface area contributed by atoms with Crippen LogP contribution >= 0.6 is 0 Å². The van der Waals surface area contributed by atoms with Gasteiger partial charge in [-0.05, 0) is 60.6 Å². The monoisotopic (exact) mass is 441 g/mol. The number of benzene rings is 1.